The number of hydrogen-bond acceptors (Lipinski definition) is 5. The Kier molecular flexibility index (Phi) is 5.79. The Morgan fingerprint density at radius 2 is 2.04 bits per heavy atom. The number of rotatable bonds is 6. The van der Waals surface area contributed by atoms with E-state index in [9.17, 15) is 14.7 Å². The van der Waals surface area contributed by atoms with Crippen LogP contribution in [0.4, 0.5) is 0 Å². The number of benzene rings is 1. The van der Waals surface area contributed by atoms with Gasteiger partial charge in [-0.1, -0.05) is 24.9 Å². The molecule has 1 fully saturated rings. The quantitative estimate of drug-likeness (QED) is 0.437. The number of furan rings is 1. The molecule has 1 aromatic heterocycles. The van der Waals surface area contributed by atoms with E-state index in [1.54, 1.807) is 31.2 Å². The molecular weight excluding hydrogens is 382 g/mol. The van der Waals surface area contributed by atoms with Crippen LogP contribution in [-0.4, -0.2) is 35.4 Å². The molecule has 1 atom stereocenters. The average Bonchev–Trinajstić information content (AvgIpc) is 3.21. The number of nitrogens with zero attached hydrogens (tertiary/aromatic N) is 1. The Balaban J connectivity index is 2.14. The summed E-state index contributed by atoms with van der Waals surface area (Å²) in [5, 5.41) is 11.2. The van der Waals surface area contributed by atoms with Gasteiger partial charge in [-0.05, 0) is 43.7 Å². The first kappa shape index (κ1) is 20.0. The van der Waals surface area contributed by atoms with E-state index in [-0.39, 0.29) is 16.4 Å². The van der Waals surface area contributed by atoms with Crippen LogP contribution in [0.25, 0.3) is 5.76 Å². The molecule has 0 spiro atoms. The van der Waals surface area contributed by atoms with E-state index in [0.717, 1.165) is 12.8 Å². The molecule has 1 amide bonds. The van der Waals surface area contributed by atoms with Crippen molar-refractivity contribution in [1.29, 1.82) is 0 Å². The Bertz CT molecular complexity index is 946. The predicted octanol–water partition coefficient (Wildman–Crippen LogP) is 4.47. The zero-order valence-corrected chi connectivity index (χ0v) is 16.7. The van der Waals surface area contributed by atoms with Crippen LogP contribution in [0.15, 0.2) is 40.3 Å². The van der Waals surface area contributed by atoms with Gasteiger partial charge in [0.25, 0.3) is 11.7 Å². The molecule has 2 heterocycles. The molecule has 28 heavy (non-hydrogen) atoms. The second-order valence-electron chi connectivity index (χ2n) is 6.64. The molecule has 0 aliphatic carbocycles. The fourth-order valence-electron chi connectivity index (χ4n) is 3.30. The van der Waals surface area contributed by atoms with E-state index in [2.05, 4.69) is 0 Å². The van der Waals surface area contributed by atoms with Crippen molar-refractivity contribution in [3.8, 4) is 5.75 Å². The number of halogens is 1. The van der Waals surface area contributed by atoms with Gasteiger partial charge < -0.3 is 19.2 Å². The van der Waals surface area contributed by atoms with Crippen LogP contribution < -0.4 is 4.74 Å². The molecule has 1 saturated heterocycles. The van der Waals surface area contributed by atoms with Gasteiger partial charge in [-0.25, -0.2) is 0 Å². The van der Waals surface area contributed by atoms with E-state index < -0.39 is 17.7 Å². The molecule has 0 radical (unpaired) electrons. The van der Waals surface area contributed by atoms with Crippen LogP contribution in [0.1, 0.15) is 42.9 Å². The van der Waals surface area contributed by atoms with Gasteiger partial charge in [0.15, 0.2) is 0 Å². The first-order valence-corrected chi connectivity index (χ1v) is 9.45. The number of hydrogen-bond donors (Lipinski definition) is 1. The van der Waals surface area contributed by atoms with Crippen molar-refractivity contribution in [1.82, 2.24) is 4.90 Å². The first-order chi connectivity index (χ1) is 13.4. The number of Topliss-reactive ketones (excluding diaryl/α,β-unsaturated/α-hetero) is 1. The summed E-state index contributed by atoms with van der Waals surface area (Å²) >= 11 is 6.16. The molecule has 1 aromatic carbocycles. The van der Waals surface area contributed by atoms with Crippen LogP contribution in [-0.2, 0) is 9.59 Å². The molecule has 1 aliphatic rings. The number of amides is 1. The van der Waals surface area contributed by atoms with Crippen molar-refractivity contribution >= 4 is 29.1 Å². The molecule has 6 nitrogen and oxygen atoms in total. The van der Waals surface area contributed by atoms with E-state index >= 15 is 0 Å². The fourth-order valence-corrected chi connectivity index (χ4v) is 3.56. The number of ketones is 1. The summed E-state index contributed by atoms with van der Waals surface area (Å²) in [5.41, 5.74) is 0.323. The smallest absolute Gasteiger partial charge is 0.295 e. The zero-order valence-electron chi connectivity index (χ0n) is 16.0. The number of ether oxygens (including phenoxy) is 1. The minimum Gasteiger partial charge on any atom is -0.507 e. The van der Waals surface area contributed by atoms with Crippen molar-refractivity contribution in [2.45, 2.75) is 32.7 Å². The Hall–Kier alpha value is -2.73. The van der Waals surface area contributed by atoms with E-state index in [1.807, 2.05) is 6.92 Å². The number of carbonyl (C=O) groups is 2. The maximum atomic E-state index is 12.8. The van der Waals surface area contributed by atoms with Crippen LogP contribution in [0.2, 0.25) is 5.02 Å². The van der Waals surface area contributed by atoms with E-state index in [0.29, 0.717) is 29.4 Å². The fraction of sp³-hybridized carbons (Fsp3) is 0.333. The van der Waals surface area contributed by atoms with Crippen molar-refractivity contribution in [2.75, 3.05) is 13.7 Å². The summed E-state index contributed by atoms with van der Waals surface area (Å²) in [6.07, 6.45) is 1.60. The largest absolute Gasteiger partial charge is 0.507 e. The number of aliphatic hydroxyl groups excluding tert-OH is 1. The summed E-state index contributed by atoms with van der Waals surface area (Å²) in [6, 6.07) is 7.39. The Labute approximate surface area is 168 Å². The maximum absolute atomic E-state index is 12.8. The number of unbranched alkanes of at least 4 members (excludes halogenated alkanes) is 1. The van der Waals surface area contributed by atoms with Gasteiger partial charge in [0.2, 0.25) is 0 Å². The predicted molar refractivity (Wildman–Crippen MR) is 105 cm³/mol. The summed E-state index contributed by atoms with van der Waals surface area (Å²) in [5.74, 6) is -0.133. The van der Waals surface area contributed by atoms with Crippen LogP contribution in [0.5, 0.6) is 5.75 Å². The second kappa shape index (κ2) is 8.10. The molecule has 1 N–H and O–H groups in total. The lowest BCUT2D eigenvalue weighted by Crippen LogP contribution is -2.30. The van der Waals surface area contributed by atoms with Gasteiger partial charge >= 0.3 is 0 Å². The molecule has 0 saturated carbocycles. The van der Waals surface area contributed by atoms with Crippen molar-refractivity contribution < 1.29 is 23.8 Å². The Morgan fingerprint density at radius 3 is 2.61 bits per heavy atom. The molecule has 0 bridgehead atoms. The molecule has 3 rings (SSSR count). The second-order valence-corrected chi connectivity index (χ2v) is 7.05. The van der Waals surface area contributed by atoms with Crippen LogP contribution in [0.3, 0.4) is 0 Å². The monoisotopic (exact) mass is 403 g/mol. The highest BCUT2D eigenvalue weighted by Gasteiger charge is 2.47. The highest BCUT2D eigenvalue weighted by atomic mass is 35.5. The van der Waals surface area contributed by atoms with Crippen LogP contribution in [0, 0.1) is 6.92 Å². The standard InChI is InChI=1S/C21H22ClNO5/c1-4-5-10-23-18(16-8-6-12(2)28-16)17(20(25)21(23)26)19(24)13-7-9-15(27-3)14(22)11-13/h6-9,11,18,24H,4-5,10H2,1-3H3/b19-17-. The average molecular weight is 404 g/mol. The summed E-state index contributed by atoms with van der Waals surface area (Å²) < 4.78 is 10.8. The number of likely N-dealkylation sites (tertiary alicyclic amines) is 1. The van der Waals surface area contributed by atoms with Crippen molar-refractivity contribution in [3.63, 3.8) is 0 Å². The number of aryl methyl sites for hydroxylation is 1. The topological polar surface area (TPSA) is 80.0 Å². The minimum absolute atomic E-state index is 0.00307. The summed E-state index contributed by atoms with van der Waals surface area (Å²) in [6.45, 7) is 4.18. The van der Waals surface area contributed by atoms with Crippen LogP contribution >= 0.6 is 11.6 Å². The molecule has 1 aliphatic heterocycles. The van der Waals surface area contributed by atoms with Gasteiger partial charge in [0, 0.05) is 12.1 Å². The van der Waals surface area contributed by atoms with E-state index in [1.165, 1.54) is 18.1 Å². The number of carbonyl (C=O) groups excluding carboxylic acids is 2. The minimum atomic E-state index is -0.777. The SMILES string of the molecule is CCCCN1C(=O)C(=O)/C(=C(\O)c2ccc(OC)c(Cl)c2)C1c1ccc(C)o1. The molecular formula is C21H22ClNO5. The normalized spacial score (nSPS) is 18.7. The van der Waals surface area contributed by atoms with E-state index in [4.69, 9.17) is 20.8 Å². The number of aliphatic hydroxyl groups is 1. The lowest BCUT2D eigenvalue weighted by molar-refractivity contribution is -0.140. The van der Waals surface area contributed by atoms with Gasteiger partial charge in [-0.15, -0.1) is 0 Å². The summed E-state index contributed by atoms with van der Waals surface area (Å²) in [7, 11) is 1.49. The maximum Gasteiger partial charge on any atom is 0.295 e. The number of methoxy groups -OCH3 is 1. The van der Waals surface area contributed by atoms with Gasteiger partial charge in [0.1, 0.15) is 29.1 Å². The summed E-state index contributed by atoms with van der Waals surface area (Å²) in [4.78, 5) is 26.9. The first-order valence-electron chi connectivity index (χ1n) is 9.07. The lowest BCUT2D eigenvalue weighted by atomic mass is 9.99. The molecule has 148 valence electrons. The van der Waals surface area contributed by atoms with Gasteiger partial charge in [-0.2, -0.15) is 0 Å². The molecule has 2 aromatic rings. The van der Waals surface area contributed by atoms with Crippen molar-refractivity contribution in [3.05, 3.63) is 58.0 Å². The molecule has 7 heteroatoms. The third-order valence-electron chi connectivity index (χ3n) is 4.75. The lowest BCUT2D eigenvalue weighted by Gasteiger charge is -2.23. The zero-order chi connectivity index (χ0) is 20.4. The third kappa shape index (κ3) is 3.52. The van der Waals surface area contributed by atoms with Gasteiger partial charge in [0.05, 0.1) is 17.7 Å². The molecule has 1 unspecified atom stereocenters. The Morgan fingerprint density at radius 1 is 1.29 bits per heavy atom. The highest BCUT2D eigenvalue weighted by Crippen LogP contribution is 2.40. The third-order valence-corrected chi connectivity index (χ3v) is 5.04. The highest BCUT2D eigenvalue weighted by molar-refractivity contribution is 6.46. The van der Waals surface area contributed by atoms with Crippen molar-refractivity contribution in [2.24, 2.45) is 0 Å². The van der Waals surface area contributed by atoms with Gasteiger partial charge in [-0.3, -0.25) is 9.59 Å².